The van der Waals surface area contributed by atoms with Gasteiger partial charge in [-0.15, -0.1) is 0 Å². The maximum Gasteiger partial charge on any atom is 0.225 e. The van der Waals surface area contributed by atoms with Crippen molar-refractivity contribution in [2.75, 3.05) is 0 Å². The van der Waals surface area contributed by atoms with Gasteiger partial charge in [0.25, 0.3) is 0 Å². The van der Waals surface area contributed by atoms with E-state index in [0.29, 0.717) is 0 Å². The second-order valence-electron chi connectivity index (χ2n) is 5.10. The summed E-state index contributed by atoms with van der Waals surface area (Å²) >= 11 is 0. The molecule has 5 heteroatoms. The van der Waals surface area contributed by atoms with E-state index in [1.807, 2.05) is 0 Å². The minimum absolute atomic E-state index is 0.135. The van der Waals surface area contributed by atoms with Crippen molar-refractivity contribution >= 4 is 5.91 Å². The van der Waals surface area contributed by atoms with Crippen molar-refractivity contribution in [3.8, 4) is 0 Å². The maximum absolute atomic E-state index is 13.6. The molecule has 1 aliphatic carbocycles. The Hall–Kier alpha value is -1.49. The van der Waals surface area contributed by atoms with Crippen molar-refractivity contribution in [2.45, 2.75) is 38.3 Å². The van der Waals surface area contributed by atoms with Crippen LogP contribution >= 0.6 is 0 Å². The summed E-state index contributed by atoms with van der Waals surface area (Å²) in [4.78, 5) is 12.0. The quantitative estimate of drug-likeness (QED) is 0.883. The first-order valence-corrected chi connectivity index (χ1v) is 6.50. The highest BCUT2D eigenvalue weighted by Gasteiger charge is 2.31. The lowest BCUT2D eigenvalue weighted by atomic mass is 10.0. The number of hydrogen-bond donors (Lipinski definition) is 2. The number of benzene rings is 1. The zero-order chi connectivity index (χ0) is 14.0. The average molecular weight is 268 g/mol. The molecule has 1 fully saturated rings. The van der Waals surface area contributed by atoms with Crippen LogP contribution in [0.4, 0.5) is 8.78 Å². The summed E-state index contributed by atoms with van der Waals surface area (Å²) in [6, 6.07) is 2.52. The maximum atomic E-state index is 13.6. The lowest BCUT2D eigenvalue weighted by molar-refractivity contribution is -0.125. The SMILES string of the molecule is CC(NC(=O)C1CCCC1N)c1cc(F)ccc1F. The van der Waals surface area contributed by atoms with Crippen LogP contribution in [0.3, 0.4) is 0 Å². The van der Waals surface area contributed by atoms with E-state index in [4.69, 9.17) is 5.73 Å². The van der Waals surface area contributed by atoms with Gasteiger partial charge in [0.05, 0.1) is 12.0 Å². The monoisotopic (exact) mass is 268 g/mol. The zero-order valence-electron chi connectivity index (χ0n) is 10.8. The van der Waals surface area contributed by atoms with Gasteiger partial charge in [0.1, 0.15) is 11.6 Å². The highest BCUT2D eigenvalue weighted by atomic mass is 19.1. The minimum Gasteiger partial charge on any atom is -0.349 e. The van der Waals surface area contributed by atoms with Gasteiger partial charge in [0.15, 0.2) is 0 Å². The molecule has 1 aromatic rings. The first kappa shape index (κ1) is 13.9. The number of nitrogens with two attached hydrogens (primary N) is 1. The Morgan fingerprint density at radius 2 is 2.16 bits per heavy atom. The van der Waals surface area contributed by atoms with Gasteiger partial charge in [-0.25, -0.2) is 8.78 Å². The second-order valence-corrected chi connectivity index (χ2v) is 5.10. The molecule has 0 spiro atoms. The predicted molar refractivity (Wildman–Crippen MR) is 68.2 cm³/mol. The molecule has 3 nitrogen and oxygen atoms in total. The second kappa shape index (κ2) is 5.65. The molecule has 3 unspecified atom stereocenters. The fraction of sp³-hybridized carbons (Fsp3) is 0.500. The number of carbonyl (C=O) groups is 1. The van der Waals surface area contributed by atoms with Crippen LogP contribution in [0.25, 0.3) is 0 Å². The highest BCUT2D eigenvalue weighted by molar-refractivity contribution is 5.80. The van der Waals surface area contributed by atoms with Crippen LogP contribution in [0, 0.1) is 17.6 Å². The lowest BCUT2D eigenvalue weighted by Gasteiger charge is -2.20. The number of hydrogen-bond acceptors (Lipinski definition) is 2. The highest BCUT2D eigenvalue weighted by Crippen LogP contribution is 2.25. The van der Waals surface area contributed by atoms with Crippen LogP contribution in [0.5, 0.6) is 0 Å². The average Bonchev–Trinajstić information content (AvgIpc) is 2.78. The van der Waals surface area contributed by atoms with Crippen molar-refractivity contribution in [2.24, 2.45) is 11.7 Å². The van der Waals surface area contributed by atoms with E-state index in [1.54, 1.807) is 6.92 Å². The molecule has 3 atom stereocenters. The largest absolute Gasteiger partial charge is 0.349 e. The van der Waals surface area contributed by atoms with Gasteiger partial charge in [0.2, 0.25) is 5.91 Å². The molecule has 1 aliphatic rings. The summed E-state index contributed by atoms with van der Waals surface area (Å²) in [6.07, 6.45) is 2.52. The van der Waals surface area contributed by atoms with E-state index in [-0.39, 0.29) is 23.4 Å². The first-order chi connectivity index (χ1) is 8.99. The molecule has 104 valence electrons. The Balaban J connectivity index is 2.06. The first-order valence-electron chi connectivity index (χ1n) is 6.50. The third kappa shape index (κ3) is 3.10. The zero-order valence-corrected chi connectivity index (χ0v) is 10.8. The Labute approximate surface area is 111 Å². The summed E-state index contributed by atoms with van der Waals surface area (Å²) in [7, 11) is 0. The Bertz CT molecular complexity index is 479. The summed E-state index contributed by atoms with van der Waals surface area (Å²) in [5, 5.41) is 2.71. The lowest BCUT2D eigenvalue weighted by Crippen LogP contribution is -2.39. The van der Waals surface area contributed by atoms with Gasteiger partial charge in [-0.3, -0.25) is 4.79 Å². The molecule has 0 radical (unpaired) electrons. The van der Waals surface area contributed by atoms with Crippen LogP contribution in [-0.2, 0) is 4.79 Å². The van der Waals surface area contributed by atoms with E-state index in [2.05, 4.69) is 5.32 Å². The van der Waals surface area contributed by atoms with Gasteiger partial charge < -0.3 is 11.1 Å². The van der Waals surface area contributed by atoms with Crippen molar-refractivity contribution < 1.29 is 13.6 Å². The summed E-state index contributed by atoms with van der Waals surface area (Å²) in [6.45, 7) is 1.64. The smallest absolute Gasteiger partial charge is 0.225 e. The van der Waals surface area contributed by atoms with Gasteiger partial charge >= 0.3 is 0 Å². The third-order valence-electron chi connectivity index (χ3n) is 3.69. The molecule has 2 rings (SSSR count). The van der Waals surface area contributed by atoms with Gasteiger partial charge in [-0.05, 0) is 38.0 Å². The van der Waals surface area contributed by atoms with E-state index in [1.165, 1.54) is 0 Å². The van der Waals surface area contributed by atoms with E-state index in [0.717, 1.165) is 37.5 Å². The summed E-state index contributed by atoms with van der Waals surface area (Å²) < 4.78 is 26.7. The van der Waals surface area contributed by atoms with Gasteiger partial charge in [-0.1, -0.05) is 6.42 Å². The topological polar surface area (TPSA) is 55.1 Å². The molecule has 19 heavy (non-hydrogen) atoms. The van der Waals surface area contributed by atoms with Crippen LogP contribution in [0.1, 0.15) is 37.8 Å². The molecular weight excluding hydrogens is 250 g/mol. The molecule has 0 heterocycles. The van der Waals surface area contributed by atoms with Crippen molar-refractivity contribution in [1.82, 2.24) is 5.32 Å². The molecule has 0 bridgehead atoms. The molecular formula is C14H18F2N2O. The minimum atomic E-state index is -0.573. The van der Waals surface area contributed by atoms with Crippen molar-refractivity contribution in [3.05, 3.63) is 35.4 Å². The van der Waals surface area contributed by atoms with Crippen molar-refractivity contribution in [3.63, 3.8) is 0 Å². The standard InChI is InChI=1S/C14H18F2N2O/c1-8(11-7-9(15)5-6-12(11)16)18-14(19)10-3-2-4-13(10)17/h5-8,10,13H,2-4,17H2,1H3,(H,18,19). The van der Waals surface area contributed by atoms with Crippen LogP contribution in [0.2, 0.25) is 0 Å². The Morgan fingerprint density at radius 3 is 2.79 bits per heavy atom. The molecule has 0 aromatic heterocycles. The van der Waals surface area contributed by atoms with Crippen LogP contribution in [-0.4, -0.2) is 11.9 Å². The summed E-state index contributed by atoms with van der Waals surface area (Å²) in [5.74, 6) is -1.44. The van der Waals surface area contributed by atoms with Crippen LogP contribution < -0.4 is 11.1 Å². The fourth-order valence-electron chi connectivity index (χ4n) is 2.56. The van der Waals surface area contributed by atoms with E-state index < -0.39 is 17.7 Å². The van der Waals surface area contributed by atoms with E-state index >= 15 is 0 Å². The molecule has 0 aliphatic heterocycles. The number of amides is 1. The number of nitrogens with one attached hydrogen (secondary N) is 1. The normalized spacial score (nSPS) is 24.2. The number of carbonyl (C=O) groups excluding carboxylic acids is 1. The predicted octanol–water partition coefficient (Wildman–Crippen LogP) is 2.27. The fourth-order valence-corrected chi connectivity index (χ4v) is 2.56. The number of halogens is 2. The van der Waals surface area contributed by atoms with Crippen molar-refractivity contribution in [1.29, 1.82) is 0 Å². The summed E-state index contributed by atoms with van der Waals surface area (Å²) in [5.41, 5.74) is 6.01. The van der Waals surface area contributed by atoms with Gasteiger partial charge in [0, 0.05) is 11.6 Å². The third-order valence-corrected chi connectivity index (χ3v) is 3.69. The molecule has 1 saturated carbocycles. The van der Waals surface area contributed by atoms with E-state index in [9.17, 15) is 13.6 Å². The Morgan fingerprint density at radius 1 is 1.42 bits per heavy atom. The number of rotatable bonds is 3. The van der Waals surface area contributed by atoms with Gasteiger partial charge in [-0.2, -0.15) is 0 Å². The van der Waals surface area contributed by atoms with Crippen LogP contribution in [0.15, 0.2) is 18.2 Å². The molecule has 3 N–H and O–H groups in total. The molecule has 1 aromatic carbocycles. The Kier molecular flexibility index (Phi) is 4.14. The molecule has 1 amide bonds. The molecule has 0 saturated heterocycles.